The van der Waals surface area contributed by atoms with E-state index in [1.807, 2.05) is 44.2 Å². The predicted molar refractivity (Wildman–Crippen MR) is 75.6 cm³/mol. The van der Waals surface area contributed by atoms with E-state index >= 15 is 0 Å². The first kappa shape index (κ1) is 12.6. The third-order valence-corrected chi connectivity index (χ3v) is 3.27. The molecule has 1 atom stereocenters. The number of rotatable bonds is 4. The molecule has 1 aromatic carbocycles. The number of aliphatic hydroxyl groups is 1. The molecule has 4 nitrogen and oxygen atoms in total. The summed E-state index contributed by atoms with van der Waals surface area (Å²) in [5, 5.41) is 13.7. The minimum Gasteiger partial charge on any atom is -0.399 e. The van der Waals surface area contributed by atoms with E-state index < -0.39 is 0 Å². The van der Waals surface area contributed by atoms with E-state index in [0.717, 1.165) is 28.8 Å². The molecule has 0 aliphatic carbocycles. The highest BCUT2D eigenvalue weighted by molar-refractivity contribution is 5.83. The van der Waals surface area contributed by atoms with Gasteiger partial charge in [-0.05, 0) is 43.7 Å². The highest BCUT2D eigenvalue weighted by atomic mass is 16.3. The van der Waals surface area contributed by atoms with E-state index in [-0.39, 0.29) is 12.1 Å². The minimum atomic E-state index is -0.339. The monoisotopic (exact) mass is 245 g/mol. The molecular weight excluding hydrogens is 226 g/mol. The molecule has 0 aliphatic rings. The number of nitrogens with two attached hydrogens (primary N) is 1. The van der Waals surface area contributed by atoms with Crippen LogP contribution in [0.1, 0.15) is 20.3 Å². The fourth-order valence-corrected chi connectivity index (χ4v) is 1.76. The number of fused-ring (bicyclic) bond motifs is 1. The van der Waals surface area contributed by atoms with E-state index in [1.165, 1.54) is 0 Å². The lowest BCUT2D eigenvalue weighted by atomic mass is 10.0. The van der Waals surface area contributed by atoms with Crippen molar-refractivity contribution < 1.29 is 5.11 Å². The van der Waals surface area contributed by atoms with Gasteiger partial charge in [0.25, 0.3) is 0 Å². The topological polar surface area (TPSA) is 71.2 Å². The fraction of sp³-hybridized carbons (Fsp3) is 0.357. The zero-order chi connectivity index (χ0) is 13.2. The maximum atomic E-state index is 9.39. The quantitative estimate of drug-likeness (QED) is 0.723. The Balaban J connectivity index is 2.33. The molecule has 2 rings (SSSR count). The summed E-state index contributed by atoms with van der Waals surface area (Å²) >= 11 is 0. The van der Waals surface area contributed by atoms with Crippen LogP contribution in [0.4, 0.5) is 11.5 Å². The SMILES string of the molecule is CCC(C)(CO)Nc1ccc2cc(N)ccc2n1. The van der Waals surface area contributed by atoms with Crippen molar-refractivity contribution in [1.29, 1.82) is 0 Å². The second-order valence-electron chi connectivity index (χ2n) is 4.85. The number of aliphatic hydroxyl groups excluding tert-OH is 1. The van der Waals surface area contributed by atoms with Crippen LogP contribution in [0, 0.1) is 0 Å². The van der Waals surface area contributed by atoms with Gasteiger partial charge in [-0.2, -0.15) is 0 Å². The van der Waals surface area contributed by atoms with Gasteiger partial charge in [0.05, 0.1) is 17.7 Å². The van der Waals surface area contributed by atoms with Crippen LogP contribution in [0.15, 0.2) is 30.3 Å². The number of benzene rings is 1. The van der Waals surface area contributed by atoms with Gasteiger partial charge in [0, 0.05) is 11.1 Å². The molecule has 1 aromatic heterocycles. The van der Waals surface area contributed by atoms with Crippen LogP contribution in [0.3, 0.4) is 0 Å². The maximum absolute atomic E-state index is 9.39. The lowest BCUT2D eigenvalue weighted by molar-refractivity contribution is 0.218. The van der Waals surface area contributed by atoms with Crippen LogP contribution in [0.25, 0.3) is 10.9 Å². The molecule has 4 heteroatoms. The predicted octanol–water partition coefficient (Wildman–Crippen LogP) is 2.39. The lowest BCUT2D eigenvalue weighted by Gasteiger charge is -2.27. The molecule has 0 bridgehead atoms. The van der Waals surface area contributed by atoms with E-state index in [0.29, 0.717) is 0 Å². The Labute approximate surface area is 107 Å². The molecule has 18 heavy (non-hydrogen) atoms. The van der Waals surface area contributed by atoms with E-state index in [2.05, 4.69) is 10.3 Å². The second-order valence-corrected chi connectivity index (χ2v) is 4.85. The van der Waals surface area contributed by atoms with E-state index in [9.17, 15) is 5.11 Å². The van der Waals surface area contributed by atoms with E-state index in [1.54, 1.807) is 0 Å². The summed E-state index contributed by atoms with van der Waals surface area (Å²) < 4.78 is 0. The molecule has 0 saturated heterocycles. The van der Waals surface area contributed by atoms with Gasteiger partial charge >= 0.3 is 0 Å². The average Bonchev–Trinajstić information content (AvgIpc) is 2.39. The third-order valence-electron chi connectivity index (χ3n) is 3.27. The number of nitrogen functional groups attached to an aromatic ring is 1. The van der Waals surface area contributed by atoms with Gasteiger partial charge in [-0.25, -0.2) is 4.98 Å². The Hall–Kier alpha value is -1.81. The molecule has 0 radical (unpaired) electrons. The number of pyridine rings is 1. The number of nitrogens with one attached hydrogen (secondary N) is 1. The summed E-state index contributed by atoms with van der Waals surface area (Å²) in [5.74, 6) is 0.769. The molecule has 1 heterocycles. The summed E-state index contributed by atoms with van der Waals surface area (Å²) in [6.45, 7) is 4.08. The average molecular weight is 245 g/mol. The van der Waals surface area contributed by atoms with Crippen LogP contribution in [0.2, 0.25) is 0 Å². The van der Waals surface area contributed by atoms with Crippen molar-refractivity contribution in [3.05, 3.63) is 30.3 Å². The molecular formula is C14H19N3O. The van der Waals surface area contributed by atoms with Crippen LogP contribution in [0.5, 0.6) is 0 Å². The molecule has 0 spiro atoms. The molecule has 1 unspecified atom stereocenters. The standard InChI is InChI=1S/C14H19N3O/c1-3-14(2,9-18)17-13-7-4-10-8-11(15)5-6-12(10)16-13/h4-8,18H,3,9,15H2,1-2H3,(H,16,17). The van der Waals surface area contributed by atoms with Gasteiger partial charge in [0.1, 0.15) is 5.82 Å². The van der Waals surface area contributed by atoms with Crippen LogP contribution in [-0.2, 0) is 0 Å². The van der Waals surface area contributed by atoms with Gasteiger partial charge in [0.15, 0.2) is 0 Å². The molecule has 0 saturated carbocycles. The first-order chi connectivity index (χ1) is 8.56. The van der Waals surface area contributed by atoms with Gasteiger partial charge in [0.2, 0.25) is 0 Å². The van der Waals surface area contributed by atoms with Gasteiger partial charge in [-0.3, -0.25) is 0 Å². The van der Waals surface area contributed by atoms with Crippen LogP contribution < -0.4 is 11.1 Å². The van der Waals surface area contributed by atoms with E-state index in [4.69, 9.17) is 5.73 Å². The third kappa shape index (κ3) is 2.54. The summed E-state index contributed by atoms with van der Waals surface area (Å²) in [6.07, 6.45) is 0.824. The smallest absolute Gasteiger partial charge is 0.127 e. The normalized spacial score (nSPS) is 14.4. The number of hydrogen-bond donors (Lipinski definition) is 3. The first-order valence-corrected chi connectivity index (χ1v) is 6.12. The van der Waals surface area contributed by atoms with Crippen molar-refractivity contribution in [2.24, 2.45) is 0 Å². The number of anilines is 2. The van der Waals surface area contributed by atoms with Crippen molar-refractivity contribution in [3.8, 4) is 0 Å². The molecule has 0 aliphatic heterocycles. The number of aromatic nitrogens is 1. The summed E-state index contributed by atoms with van der Waals surface area (Å²) in [7, 11) is 0. The largest absolute Gasteiger partial charge is 0.399 e. The Morgan fingerprint density at radius 1 is 1.33 bits per heavy atom. The molecule has 0 amide bonds. The Morgan fingerprint density at radius 2 is 2.11 bits per heavy atom. The highest BCUT2D eigenvalue weighted by Crippen LogP contribution is 2.21. The minimum absolute atomic E-state index is 0.0744. The maximum Gasteiger partial charge on any atom is 0.127 e. The lowest BCUT2D eigenvalue weighted by Crippen LogP contribution is -2.38. The molecule has 96 valence electrons. The number of nitrogens with zero attached hydrogens (tertiary/aromatic N) is 1. The van der Waals surface area contributed by atoms with Crippen LogP contribution in [-0.4, -0.2) is 22.2 Å². The van der Waals surface area contributed by atoms with Crippen molar-refractivity contribution >= 4 is 22.4 Å². The van der Waals surface area contributed by atoms with Crippen LogP contribution >= 0.6 is 0 Å². The van der Waals surface area contributed by atoms with Crippen molar-refractivity contribution in [3.63, 3.8) is 0 Å². The summed E-state index contributed by atoms with van der Waals surface area (Å²) in [4.78, 5) is 4.52. The van der Waals surface area contributed by atoms with Crippen molar-refractivity contribution in [2.75, 3.05) is 17.7 Å². The first-order valence-electron chi connectivity index (χ1n) is 6.12. The van der Waals surface area contributed by atoms with Gasteiger partial charge in [-0.1, -0.05) is 6.92 Å². The van der Waals surface area contributed by atoms with Gasteiger partial charge in [-0.15, -0.1) is 0 Å². The van der Waals surface area contributed by atoms with Crippen molar-refractivity contribution in [1.82, 2.24) is 4.98 Å². The summed E-state index contributed by atoms with van der Waals surface area (Å²) in [5.41, 5.74) is 7.02. The Bertz CT molecular complexity index is 550. The zero-order valence-electron chi connectivity index (χ0n) is 10.8. The fourth-order valence-electron chi connectivity index (χ4n) is 1.76. The Morgan fingerprint density at radius 3 is 2.78 bits per heavy atom. The Kier molecular flexibility index (Phi) is 3.39. The van der Waals surface area contributed by atoms with Gasteiger partial charge < -0.3 is 16.2 Å². The van der Waals surface area contributed by atoms with Crippen molar-refractivity contribution in [2.45, 2.75) is 25.8 Å². The molecule has 4 N–H and O–H groups in total. The highest BCUT2D eigenvalue weighted by Gasteiger charge is 2.20. The second kappa shape index (κ2) is 4.82. The molecule has 0 fully saturated rings. The summed E-state index contributed by atoms with van der Waals surface area (Å²) in [6, 6.07) is 9.53. The zero-order valence-corrected chi connectivity index (χ0v) is 10.8. The molecule has 2 aromatic rings. The number of hydrogen-bond acceptors (Lipinski definition) is 4.